The van der Waals surface area contributed by atoms with Gasteiger partial charge in [-0.3, -0.25) is 24.5 Å². The zero-order chi connectivity index (χ0) is 24.7. The molecule has 1 saturated heterocycles. The Labute approximate surface area is 199 Å². The molecule has 1 fully saturated rings. The van der Waals surface area contributed by atoms with Crippen molar-refractivity contribution in [2.75, 3.05) is 5.32 Å². The smallest absolute Gasteiger partial charge is 0.277 e. The van der Waals surface area contributed by atoms with Gasteiger partial charge in [-0.2, -0.15) is 0 Å². The number of amides is 4. The highest BCUT2D eigenvalue weighted by Crippen LogP contribution is 2.29. The number of benzene rings is 1. The number of carbonyl (C=O) groups excluding carboxylic acids is 4. The summed E-state index contributed by atoms with van der Waals surface area (Å²) in [5.74, 6) is -0.702. The Kier molecular flexibility index (Phi) is 5.55. The van der Waals surface area contributed by atoms with Gasteiger partial charge in [-0.15, -0.1) is 5.10 Å². The van der Waals surface area contributed by atoms with E-state index >= 15 is 0 Å². The molecule has 0 bridgehead atoms. The van der Waals surface area contributed by atoms with Crippen LogP contribution in [-0.2, 0) is 16.1 Å². The summed E-state index contributed by atoms with van der Waals surface area (Å²) >= 11 is 0. The molecular formula is C23H22N8O4. The van der Waals surface area contributed by atoms with Crippen molar-refractivity contribution in [1.82, 2.24) is 35.2 Å². The molecule has 178 valence electrons. The average molecular weight is 474 g/mol. The fraction of sp³-hybridized carbons (Fsp3) is 0.304. The zero-order valence-electron chi connectivity index (χ0n) is 19.1. The number of anilines is 1. The largest absolute Gasteiger partial charge is 0.322 e. The molecule has 1 atom stereocenters. The maximum atomic E-state index is 13.0. The SMILES string of the molecule is CC(C)c1ncc(NC(=O)c2cn(-c3ccc4c(c3)C(=O)N(C3CCC(=O)NC3=O)C4)nn2)cn1. The number of fused-ring (bicyclic) bond motifs is 1. The summed E-state index contributed by atoms with van der Waals surface area (Å²) < 4.78 is 1.40. The summed E-state index contributed by atoms with van der Waals surface area (Å²) in [5.41, 5.74) is 2.27. The second-order valence-corrected chi connectivity index (χ2v) is 8.73. The van der Waals surface area contributed by atoms with E-state index in [-0.39, 0.29) is 36.4 Å². The van der Waals surface area contributed by atoms with Crippen LogP contribution in [0, 0.1) is 0 Å². The maximum absolute atomic E-state index is 13.0. The van der Waals surface area contributed by atoms with E-state index in [0.29, 0.717) is 29.2 Å². The van der Waals surface area contributed by atoms with Crippen molar-refractivity contribution in [3.05, 3.63) is 59.4 Å². The molecule has 1 aromatic carbocycles. The molecule has 0 radical (unpaired) electrons. The monoisotopic (exact) mass is 474 g/mol. The Morgan fingerprint density at radius 3 is 2.66 bits per heavy atom. The Hall–Kier alpha value is -4.48. The molecule has 3 aromatic rings. The third-order valence-corrected chi connectivity index (χ3v) is 5.95. The summed E-state index contributed by atoms with van der Waals surface area (Å²) in [5, 5.41) is 12.9. The summed E-state index contributed by atoms with van der Waals surface area (Å²) in [6.07, 6.45) is 5.01. The zero-order valence-corrected chi connectivity index (χ0v) is 19.1. The van der Waals surface area contributed by atoms with Crippen LogP contribution < -0.4 is 10.6 Å². The fourth-order valence-electron chi connectivity index (χ4n) is 4.08. The van der Waals surface area contributed by atoms with Crippen molar-refractivity contribution in [2.24, 2.45) is 0 Å². The van der Waals surface area contributed by atoms with Crippen LogP contribution in [0.4, 0.5) is 5.69 Å². The van der Waals surface area contributed by atoms with E-state index in [4.69, 9.17) is 0 Å². The van der Waals surface area contributed by atoms with E-state index in [1.165, 1.54) is 28.2 Å². The highest BCUT2D eigenvalue weighted by Gasteiger charge is 2.39. The van der Waals surface area contributed by atoms with Crippen molar-refractivity contribution in [3.63, 3.8) is 0 Å². The third-order valence-electron chi connectivity index (χ3n) is 5.95. The molecule has 1 unspecified atom stereocenters. The first kappa shape index (κ1) is 22.3. The summed E-state index contributed by atoms with van der Waals surface area (Å²) in [4.78, 5) is 59.2. The van der Waals surface area contributed by atoms with Crippen molar-refractivity contribution in [1.29, 1.82) is 0 Å². The molecule has 12 nitrogen and oxygen atoms in total. The van der Waals surface area contributed by atoms with Crippen LogP contribution >= 0.6 is 0 Å². The lowest BCUT2D eigenvalue weighted by Gasteiger charge is -2.29. The van der Waals surface area contributed by atoms with Crippen LogP contribution in [0.5, 0.6) is 0 Å². The van der Waals surface area contributed by atoms with Gasteiger partial charge in [0.1, 0.15) is 11.9 Å². The minimum Gasteiger partial charge on any atom is -0.322 e. The first-order chi connectivity index (χ1) is 16.8. The van der Waals surface area contributed by atoms with Gasteiger partial charge >= 0.3 is 0 Å². The Morgan fingerprint density at radius 1 is 1.17 bits per heavy atom. The molecule has 2 aliphatic heterocycles. The summed E-state index contributed by atoms with van der Waals surface area (Å²) in [6, 6.07) is 4.51. The number of aromatic nitrogens is 5. The first-order valence-corrected chi connectivity index (χ1v) is 11.1. The van der Waals surface area contributed by atoms with Crippen LogP contribution in [0.1, 0.15) is 64.8 Å². The van der Waals surface area contributed by atoms with Crippen LogP contribution in [0.3, 0.4) is 0 Å². The van der Waals surface area contributed by atoms with Crippen molar-refractivity contribution in [2.45, 2.75) is 45.2 Å². The molecule has 2 N–H and O–H groups in total. The van der Waals surface area contributed by atoms with Gasteiger partial charge in [0.2, 0.25) is 11.8 Å². The molecule has 4 heterocycles. The van der Waals surface area contributed by atoms with E-state index in [1.54, 1.807) is 18.2 Å². The third kappa shape index (κ3) is 4.25. The molecule has 2 aromatic heterocycles. The van der Waals surface area contributed by atoms with Gasteiger partial charge in [-0.25, -0.2) is 14.6 Å². The molecule has 2 aliphatic rings. The second-order valence-electron chi connectivity index (χ2n) is 8.73. The molecule has 0 saturated carbocycles. The number of imide groups is 1. The molecule has 35 heavy (non-hydrogen) atoms. The highest BCUT2D eigenvalue weighted by molar-refractivity contribution is 6.05. The standard InChI is InChI=1S/C23H22N8O4/c1-12(2)20-24-8-14(9-25-20)26-21(33)17-11-31(29-28-17)15-4-3-13-10-30(23(35)16(13)7-15)18-5-6-19(32)27-22(18)34/h3-4,7-9,11-12,18H,5-6,10H2,1-2H3,(H,26,33)(H,27,32,34). The lowest BCUT2D eigenvalue weighted by atomic mass is 10.0. The van der Waals surface area contributed by atoms with Crippen LogP contribution in [-0.4, -0.2) is 59.5 Å². The van der Waals surface area contributed by atoms with E-state index in [2.05, 4.69) is 30.9 Å². The van der Waals surface area contributed by atoms with Gasteiger partial charge in [0.15, 0.2) is 5.69 Å². The van der Waals surface area contributed by atoms with E-state index < -0.39 is 17.9 Å². The van der Waals surface area contributed by atoms with Crippen molar-refractivity contribution in [3.8, 4) is 5.69 Å². The molecular weight excluding hydrogens is 452 g/mol. The van der Waals surface area contributed by atoms with E-state index in [9.17, 15) is 19.2 Å². The molecule has 4 amide bonds. The number of nitrogens with zero attached hydrogens (tertiary/aromatic N) is 6. The number of piperidine rings is 1. The number of hydrogen-bond acceptors (Lipinski definition) is 8. The fourth-order valence-corrected chi connectivity index (χ4v) is 4.08. The lowest BCUT2D eigenvalue weighted by molar-refractivity contribution is -0.136. The van der Waals surface area contributed by atoms with Crippen molar-refractivity contribution < 1.29 is 19.2 Å². The van der Waals surface area contributed by atoms with Crippen molar-refractivity contribution >= 4 is 29.3 Å². The van der Waals surface area contributed by atoms with Crippen LogP contribution in [0.2, 0.25) is 0 Å². The average Bonchev–Trinajstić information content (AvgIpc) is 3.45. The predicted molar refractivity (Wildman–Crippen MR) is 121 cm³/mol. The minimum absolute atomic E-state index is 0.0786. The number of rotatable bonds is 5. The van der Waals surface area contributed by atoms with Gasteiger partial charge in [0.05, 0.1) is 30.0 Å². The van der Waals surface area contributed by atoms with Gasteiger partial charge < -0.3 is 10.2 Å². The molecule has 0 spiro atoms. The second kappa shape index (κ2) is 8.70. The van der Waals surface area contributed by atoms with Gasteiger partial charge in [0.25, 0.3) is 11.8 Å². The predicted octanol–water partition coefficient (Wildman–Crippen LogP) is 1.19. The quantitative estimate of drug-likeness (QED) is 0.523. The first-order valence-electron chi connectivity index (χ1n) is 11.1. The Balaban J connectivity index is 1.31. The van der Waals surface area contributed by atoms with Crippen LogP contribution in [0.25, 0.3) is 5.69 Å². The summed E-state index contributed by atoms with van der Waals surface area (Å²) in [6.45, 7) is 4.24. The highest BCUT2D eigenvalue weighted by atomic mass is 16.2. The van der Waals surface area contributed by atoms with Gasteiger partial charge in [0, 0.05) is 24.4 Å². The maximum Gasteiger partial charge on any atom is 0.277 e. The molecule has 12 heteroatoms. The Bertz CT molecular complexity index is 1350. The molecule has 0 aliphatic carbocycles. The van der Waals surface area contributed by atoms with Gasteiger partial charge in [-0.1, -0.05) is 25.1 Å². The van der Waals surface area contributed by atoms with E-state index in [0.717, 1.165) is 5.56 Å². The van der Waals surface area contributed by atoms with Crippen LogP contribution in [0.15, 0.2) is 36.8 Å². The summed E-state index contributed by atoms with van der Waals surface area (Å²) in [7, 11) is 0. The number of carbonyl (C=O) groups is 4. The number of nitrogens with one attached hydrogen (secondary N) is 2. The Morgan fingerprint density at radius 2 is 1.94 bits per heavy atom. The van der Waals surface area contributed by atoms with E-state index in [1.807, 2.05) is 13.8 Å². The normalized spacial score (nSPS) is 17.5. The lowest BCUT2D eigenvalue weighted by Crippen LogP contribution is -2.52. The minimum atomic E-state index is -0.684. The van der Waals surface area contributed by atoms with Gasteiger partial charge in [-0.05, 0) is 24.1 Å². The molecule has 5 rings (SSSR count). The topological polar surface area (TPSA) is 152 Å². The number of hydrogen-bond donors (Lipinski definition) is 2.